The average Bonchev–Trinajstić information content (AvgIpc) is 3.09. The number of benzene rings is 2. The summed E-state index contributed by atoms with van der Waals surface area (Å²) >= 11 is 0. The molecular weight excluding hydrogens is 293 g/mol. The molecule has 4 nitrogen and oxygen atoms in total. The van der Waals surface area contributed by atoms with Crippen LogP contribution in [0.4, 0.5) is 10.1 Å². The van der Waals surface area contributed by atoms with Crippen molar-refractivity contribution in [1.29, 1.82) is 0 Å². The van der Waals surface area contributed by atoms with Crippen LogP contribution >= 0.6 is 0 Å². The third-order valence-electron chi connectivity index (χ3n) is 4.46. The van der Waals surface area contributed by atoms with Crippen LogP contribution in [0.5, 0.6) is 0 Å². The molecule has 1 aromatic heterocycles. The number of imidazole rings is 1. The highest BCUT2D eigenvalue weighted by Gasteiger charge is 2.35. The molecule has 2 heterocycles. The third kappa shape index (κ3) is 2.20. The third-order valence-corrected chi connectivity index (χ3v) is 4.46. The van der Waals surface area contributed by atoms with Crippen LogP contribution in [0.1, 0.15) is 18.2 Å². The largest absolute Gasteiger partial charge is 0.331 e. The van der Waals surface area contributed by atoms with E-state index in [0.29, 0.717) is 18.7 Å². The van der Waals surface area contributed by atoms with E-state index in [1.165, 1.54) is 11.0 Å². The van der Waals surface area contributed by atoms with Gasteiger partial charge in [-0.25, -0.2) is 9.37 Å². The number of para-hydroxylation sites is 3. The van der Waals surface area contributed by atoms with Crippen LogP contribution in [-0.2, 0) is 11.8 Å². The molecule has 1 unspecified atom stereocenters. The Labute approximate surface area is 133 Å². The van der Waals surface area contributed by atoms with E-state index >= 15 is 0 Å². The minimum absolute atomic E-state index is 0.0282. The Morgan fingerprint density at radius 1 is 1.13 bits per heavy atom. The molecule has 0 N–H and O–H groups in total. The summed E-state index contributed by atoms with van der Waals surface area (Å²) in [6.45, 7) is 0.455. The monoisotopic (exact) mass is 309 g/mol. The predicted molar refractivity (Wildman–Crippen MR) is 86.8 cm³/mol. The fourth-order valence-corrected chi connectivity index (χ4v) is 3.31. The summed E-state index contributed by atoms with van der Waals surface area (Å²) in [6, 6.07) is 14.3. The summed E-state index contributed by atoms with van der Waals surface area (Å²) in [7, 11) is 1.96. The first-order valence-electron chi connectivity index (χ1n) is 7.61. The molecule has 3 aromatic rings. The van der Waals surface area contributed by atoms with Crippen molar-refractivity contribution in [3.05, 3.63) is 60.2 Å². The number of fused-ring (bicyclic) bond motifs is 1. The zero-order chi connectivity index (χ0) is 16.0. The zero-order valence-electron chi connectivity index (χ0n) is 12.7. The van der Waals surface area contributed by atoms with Gasteiger partial charge in [-0.15, -0.1) is 0 Å². The van der Waals surface area contributed by atoms with Crippen molar-refractivity contribution in [2.75, 3.05) is 11.4 Å². The lowest BCUT2D eigenvalue weighted by atomic mass is 10.1. The number of aryl methyl sites for hydroxylation is 1. The Morgan fingerprint density at radius 3 is 2.65 bits per heavy atom. The molecule has 1 aliphatic rings. The van der Waals surface area contributed by atoms with Gasteiger partial charge in [-0.1, -0.05) is 24.3 Å². The first kappa shape index (κ1) is 13.9. The number of rotatable bonds is 2. The van der Waals surface area contributed by atoms with Crippen molar-refractivity contribution in [2.45, 2.75) is 12.3 Å². The number of aromatic nitrogens is 2. The van der Waals surface area contributed by atoms with Gasteiger partial charge in [-0.2, -0.15) is 0 Å². The fraction of sp³-hybridized carbons (Fsp3) is 0.222. The lowest BCUT2D eigenvalue weighted by Crippen LogP contribution is -2.25. The minimum atomic E-state index is -0.369. The molecule has 0 saturated carbocycles. The summed E-state index contributed by atoms with van der Waals surface area (Å²) in [5, 5.41) is 0. The van der Waals surface area contributed by atoms with Gasteiger partial charge in [0.05, 0.1) is 16.7 Å². The van der Waals surface area contributed by atoms with E-state index in [9.17, 15) is 9.18 Å². The van der Waals surface area contributed by atoms with E-state index in [1.54, 1.807) is 18.2 Å². The van der Waals surface area contributed by atoms with Gasteiger partial charge in [0.25, 0.3) is 0 Å². The molecule has 0 spiro atoms. The Hall–Kier alpha value is -2.69. The Morgan fingerprint density at radius 2 is 1.87 bits per heavy atom. The number of nitrogens with zero attached hydrogens (tertiary/aromatic N) is 3. The van der Waals surface area contributed by atoms with E-state index in [0.717, 1.165) is 16.9 Å². The van der Waals surface area contributed by atoms with Crippen LogP contribution in [0, 0.1) is 5.82 Å². The topological polar surface area (TPSA) is 38.1 Å². The van der Waals surface area contributed by atoms with Gasteiger partial charge >= 0.3 is 0 Å². The minimum Gasteiger partial charge on any atom is -0.331 e. The van der Waals surface area contributed by atoms with Crippen molar-refractivity contribution in [3.8, 4) is 0 Å². The Balaban J connectivity index is 1.70. The maximum atomic E-state index is 14.0. The molecule has 1 atom stereocenters. The summed E-state index contributed by atoms with van der Waals surface area (Å²) in [5.74, 6) is 0.413. The number of carbonyl (C=O) groups excluding carboxylic acids is 1. The first-order chi connectivity index (χ1) is 11.1. The van der Waals surface area contributed by atoms with Gasteiger partial charge in [0, 0.05) is 25.9 Å². The predicted octanol–water partition coefficient (Wildman–Crippen LogP) is 3.23. The second-order valence-corrected chi connectivity index (χ2v) is 5.87. The summed E-state index contributed by atoms with van der Waals surface area (Å²) in [5.41, 5.74) is 2.31. The number of hydrogen-bond acceptors (Lipinski definition) is 2. The van der Waals surface area contributed by atoms with Crippen LogP contribution in [0.2, 0.25) is 0 Å². The molecular formula is C18H16FN3O. The molecule has 1 fully saturated rings. The molecule has 4 rings (SSSR count). The van der Waals surface area contributed by atoms with Crippen molar-refractivity contribution in [3.63, 3.8) is 0 Å². The molecule has 1 aliphatic heterocycles. The standard InChI is InChI=1S/C18H16FN3O/c1-21-16-9-5-3-7-14(16)20-18(21)12-10-17(23)22(11-12)15-8-4-2-6-13(15)19/h2-9,12H,10-11H2,1H3. The van der Waals surface area contributed by atoms with E-state index in [4.69, 9.17) is 0 Å². The van der Waals surface area contributed by atoms with Crippen LogP contribution in [-0.4, -0.2) is 22.0 Å². The van der Waals surface area contributed by atoms with Gasteiger partial charge in [0.15, 0.2) is 0 Å². The molecule has 0 aliphatic carbocycles. The van der Waals surface area contributed by atoms with Gasteiger partial charge in [0.2, 0.25) is 5.91 Å². The van der Waals surface area contributed by atoms with Gasteiger partial charge in [-0.3, -0.25) is 4.79 Å². The summed E-state index contributed by atoms with van der Waals surface area (Å²) in [4.78, 5) is 18.6. The number of hydrogen-bond donors (Lipinski definition) is 0. The molecule has 23 heavy (non-hydrogen) atoms. The lowest BCUT2D eigenvalue weighted by molar-refractivity contribution is -0.117. The normalized spacial score (nSPS) is 18.1. The molecule has 2 aromatic carbocycles. The number of amides is 1. The van der Waals surface area contributed by atoms with Crippen LogP contribution in [0.3, 0.4) is 0 Å². The fourth-order valence-electron chi connectivity index (χ4n) is 3.31. The number of carbonyl (C=O) groups is 1. The quantitative estimate of drug-likeness (QED) is 0.729. The molecule has 5 heteroatoms. The number of anilines is 1. The SMILES string of the molecule is Cn1c(C2CC(=O)N(c3ccccc3F)C2)nc2ccccc21. The van der Waals surface area contributed by atoms with Gasteiger partial charge in [-0.05, 0) is 24.3 Å². The van der Waals surface area contributed by atoms with Crippen LogP contribution in [0.15, 0.2) is 48.5 Å². The number of halogens is 1. The second kappa shape index (κ2) is 5.19. The van der Waals surface area contributed by atoms with E-state index in [-0.39, 0.29) is 17.6 Å². The molecule has 116 valence electrons. The van der Waals surface area contributed by atoms with Gasteiger partial charge < -0.3 is 9.47 Å². The summed E-state index contributed by atoms with van der Waals surface area (Å²) in [6.07, 6.45) is 0.353. The maximum Gasteiger partial charge on any atom is 0.227 e. The van der Waals surface area contributed by atoms with E-state index in [2.05, 4.69) is 4.98 Å². The zero-order valence-corrected chi connectivity index (χ0v) is 12.7. The average molecular weight is 309 g/mol. The molecule has 1 amide bonds. The lowest BCUT2D eigenvalue weighted by Gasteiger charge is -2.17. The molecule has 0 radical (unpaired) electrons. The smallest absolute Gasteiger partial charge is 0.227 e. The van der Waals surface area contributed by atoms with Crippen molar-refractivity contribution >= 4 is 22.6 Å². The summed E-state index contributed by atoms with van der Waals surface area (Å²) < 4.78 is 16.0. The highest BCUT2D eigenvalue weighted by molar-refractivity contribution is 5.96. The van der Waals surface area contributed by atoms with Gasteiger partial charge in [0.1, 0.15) is 11.6 Å². The molecule has 0 bridgehead atoms. The Bertz CT molecular complexity index is 902. The second-order valence-electron chi connectivity index (χ2n) is 5.87. The van der Waals surface area contributed by atoms with E-state index < -0.39 is 0 Å². The van der Waals surface area contributed by atoms with Crippen molar-refractivity contribution in [1.82, 2.24) is 9.55 Å². The van der Waals surface area contributed by atoms with Crippen molar-refractivity contribution < 1.29 is 9.18 Å². The first-order valence-corrected chi connectivity index (χ1v) is 7.61. The highest BCUT2D eigenvalue weighted by atomic mass is 19.1. The van der Waals surface area contributed by atoms with Crippen molar-refractivity contribution in [2.24, 2.45) is 7.05 Å². The highest BCUT2D eigenvalue weighted by Crippen LogP contribution is 2.33. The van der Waals surface area contributed by atoms with E-state index in [1.807, 2.05) is 35.9 Å². The maximum absolute atomic E-state index is 14.0. The Kier molecular flexibility index (Phi) is 3.15. The van der Waals surface area contributed by atoms with Crippen LogP contribution in [0.25, 0.3) is 11.0 Å². The van der Waals surface area contributed by atoms with Crippen LogP contribution < -0.4 is 4.90 Å². The molecule has 1 saturated heterocycles.